The number of hydrogen-bond donors (Lipinski definition) is 2. The van der Waals surface area contributed by atoms with E-state index in [1.807, 2.05) is 12.1 Å². The Hall–Kier alpha value is -1.26. The molecule has 0 fully saturated rings. The molecule has 2 N–H and O–H groups in total. The van der Waals surface area contributed by atoms with Crippen molar-refractivity contribution < 1.29 is 19.8 Å². The maximum atomic E-state index is 10.8. The van der Waals surface area contributed by atoms with Crippen molar-refractivity contribution in [2.75, 3.05) is 0 Å². The summed E-state index contributed by atoms with van der Waals surface area (Å²) < 4.78 is -1.65. The number of aryl methyl sites for hydroxylation is 1. The third kappa shape index (κ3) is 9.13. The van der Waals surface area contributed by atoms with E-state index in [0.717, 1.165) is 44.9 Å². The predicted molar refractivity (Wildman–Crippen MR) is 101 cm³/mol. The van der Waals surface area contributed by atoms with Gasteiger partial charge >= 0.3 is 11.9 Å². The Labute approximate surface area is 159 Å². The van der Waals surface area contributed by atoms with E-state index >= 15 is 0 Å². The molecule has 4 nitrogen and oxygen atoms in total. The molecule has 0 aliphatic carbocycles. The summed E-state index contributed by atoms with van der Waals surface area (Å²) in [6, 6.07) is 7.07. The van der Waals surface area contributed by atoms with E-state index in [2.05, 4.69) is 0 Å². The monoisotopic (exact) mass is 388 g/mol. The highest BCUT2D eigenvalue weighted by Crippen LogP contribution is 2.28. The number of rotatable bonds is 13. The Balaban J connectivity index is 1.98. The van der Waals surface area contributed by atoms with Crippen molar-refractivity contribution in [2.24, 2.45) is 0 Å². The standard InChI is InChI=1S/C19H26Cl2O4/c20-19(21,18(24)25)14-8-6-4-2-1-3-5-7-9-15-10-12-16(13-11-15)17(22)23/h10-13H,1-9,14H2,(H,22,23)(H,24,25). The molecule has 140 valence electrons. The van der Waals surface area contributed by atoms with E-state index in [-0.39, 0.29) is 6.42 Å². The normalized spacial score (nSPS) is 11.4. The molecular formula is C19H26Cl2O4. The molecular weight excluding hydrogens is 363 g/mol. The van der Waals surface area contributed by atoms with Crippen LogP contribution in [-0.4, -0.2) is 26.5 Å². The van der Waals surface area contributed by atoms with Crippen LogP contribution in [-0.2, 0) is 11.2 Å². The first kappa shape index (κ1) is 21.8. The van der Waals surface area contributed by atoms with Crippen LogP contribution in [0, 0.1) is 0 Å². The molecule has 6 heteroatoms. The Morgan fingerprint density at radius 3 is 1.76 bits per heavy atom. The van der Waals surface area contributed by atoms with Crippen molar-refractivity contribution in [2.45, 2.75) is 68.5 Å². The minimum absolute atomic E-state index is 0.284. The first-order valence-electron chi connectivity index (χ1n) is 8.76. The zero-order chi connectivity index (χ0) is 18.7. The fourth-order valence-electron chi connectivity index (χ4n) is 2.66. The van der Waals surface area contributed by atoms with Crippen LogP contribution < -0.4 is 0 Å². The molecule has 0 aliphatic rings. The van der Waals surface area contributed by atoms with Gasteiger partial charge in [0, 0.05) is 0 Å². The van der Waals surface area contributed by atoms with E-state index in [1.165, 1.54) is 18.4 Å². The predicted octanol–water partition coefficient (Wildman–Crippen LogP) is 5.70. The lowest BCUT2D eigenvalue weighted by Crippen LogP contribution is -2.25. The van der Waals surface area contributed by atoms with Gasteiger partial charge in [-0.2, -0.15) is 0 Å². The van der Waals surface area contributed by atoms with Crippen LogP contribution >= 0.6 is 23.2 Å². The zero-order valence-electron chi connectivity index (χ0n) is 14.3. The van der Waals surface area contributed by atoms with Crippen molar-refractivity contribution >= 4 is 35.1 Å². The van der Waals surface area contributed by atoms with Gasteiger partial charge in [0.2, 0.25) is 4.33 Å². The van der Waals surface area contributed by atoms with Crippen molar-refractivity contribution in [3.63, 3.8) is 0 Å². The molecule has 0 heterocycles. The summed E-state index contributed by atoms with van der Waals surface area (Å²) in [4.78, 5) is 21.5. The minimum atomic E-state index is -1.65. The van der Waals surface area contributed by atoms with Crippen LogP contribution in [0.25, 0.3) is 0 Å². The van der Waals surface area contributed by atoms with Gasteiger partial charge in [-0.1, -0.05) is 73.9 Å². The molecule has 0 radical (unpaired) electrons. The molecule has 1 rings (SSSR count). The molecule has 0 amide bonds. The number of aromatic carboxylic acids is 1. The maximum Gasteiger partial charge on any atom is 0.340 e. The molecule has 25 heavy (non-hydrogen) atoms. The van der Waals surface area contributed by atoms with E-state index < -0.39 is 16.3 Å². The van der Waals surface area contributed by atoms with E-state index in [4.69, 9.17) is 33.4 Å². The first-order chi connectivity index (χ1) is 11.8. The summed E-state index contributed by atoms with van der Waals surface area (Å²) in [6.45, 7) is 0. The lowest BCUT2D eigenvalue weighted by Gasteiger charge is -2.13. The van der Waals surface area contributed by atoms with E-state index in [1.54, 1.807) is 12.1 Å². The lowest BCUT2D eigenvalue weighted by atomic mass is 10.0. The number of carboxylic acid groups (broad SMARTS) is 2. The number of alkyl halides is 2. The first-order valence-corrected chi connectivity index (χ1v) is 9.52. The van der Waals surface area contributed by atoms with E-state index in [9.17, 15) is 9.59 Å². The van der Waals surface area contributed by atoms with Gasteiger partial charge < -0.3 is 10.2 Å². The number of carbonyl (C=O) groups is 2. The molecule has 0 spiro atoms. The molecule has 0 bridgehead atoms. The molecule has 1 aromatic rings. The summed E-state index contributed by atoms with van der Waals surface area (Å²) in [5.41, 5.74) is 1.50. The van der Waals surface area contributed by atoms with Crippen LogP contribution in [0.15, 0.2) is 24.3 Å². The Bertz CT molecular complexity index is 541. The molecule has 0 atom stereocenters. The number of halogens is 2. The summed E-state index contributed by atoms with van der Waals surface area (Å²) >= 11 is 11.4. The summed E-state index contributed by atoms with van der Waals surface area (Å²) in [5.74, 6) is -2.06. The second-order valence-electron chi connectivity index (χ2n) is 6.34. The molecule has 0 saturated heterocycles. The van der Waals surface area contributed by atoms with Crippen molar-refractivity contribution in [3.8, 4) is 0 Å². The van der Waals surface area contributed by atoms with Crippen LogP contribution in [0.1, 0.15) is 73.7 Å². The van der Waals surface area contributed by atoms with Crippen molar-refractivity contribution in [1.29, 1.82) is 0 Å². The quantitative estimate of drug-likeness (QED) is 0.335. The molecule has 1 aromatic carbocycles. The molecule has 0 unspecified atom stereocenters. The van der Waals surface area contributed by atoms with Gasteiger partial charge in [0.15, 0.2) is 0 Å². The number of aliphatic carboxylic acids is 1. The molecule has 0 aromatic heterocycles. The highest BCUT2D eigenvalue weighted by molar-refractivity contribution is 6.57. The number of hydrogen-bond acceptors (Lipinski definition) is 2. The Morgan fingerprint density at radius 1 is 0.800 bits per heavy atom. The van der Waals surface area contributed by atoms with Crippen LogP contribution in [0.3, 0.4) is 0 Å². The van der Waals surface area contributed by atoms with Crippen molar-refractivity contribution in [1.82, 2.24) is 0 Å². The number of carboxylic acids is 2. The summed E-state index contributed by atoms with van der Waals surface area (Å²) in [5, 5.41) is 17.6. The van der Waals surface area contributed by atoms with Crippen molar-refractivity contribution in [3.05, 3.63) is 35.4 Å². The Morgan fingerprint density at radius 2 is 1.28 bits per heavy atom. The second kappa shape index (κ2) is 11.4. The van der Waals surface area contributed by atoms with Gasteiger partial charge in [-0.25, -0.2) is 9.59 Å². The average Bonchev–Trinajstić information content (AvgIpc) is 2.56. The topological polar surface area (TPSA) is 74.6 Å². The Kier molecular flexibility index (Phi) is 9.91. The fourth-order valence-corrected chi connectivity index (χ4v) is 2.92. The SMILES string of the molecule is O=C(O)c1ccc(CCCCCCCCCCC(Cl)(Cl)C(=O)O)cc1. The highest BCUT2D eigenvalue weighted by Gasteiger charge is 2.32. The third-order valence-electron chi connectivity index (χ3n) is 4.22. The van der Waals surface area contributed by atoms with Gasteiger partial charge in [0.25, 0.3) is 0 Å². The maximum absolute atomic E-state index is 10.8. The molecule has 0 aliphatic heterocycles. The smallest absolute Gasteiger partial charge is 0.340 e. The minimum Gasteiger partial charge on any atom is -0.479 e. The summed E-state index contributed by atoms with van der Waals surface area (Å²) in [7, 11) is 0. The lowest BCUT2D eigenvalue weighted by molar-refractivity contribution is -0.138. The van der Waals surface area contributed by atoms with Gasteiger partial charge in [-0.15, -0.1) is 0 Å². The zero-order valence-corrected chi connectivity index (χ0v) is 15.9. The second-order valence-corrected chi connectivity index (χ2v) is 7.82. The number of benzene rings is 1. The average molecular weight is 389 g/mol. The highest BCUT2D eigenvalue weighted by atomic mass is 35.5. The van der Waals surface area contributed by atoms with Crippen LogP contribution in [0.2, 0.25) is 0 Å². The third-order valence-corrected chi connectivity index (χ3v) is 4.92. The largest absolute Gasteiger partial charge is 0.479 e. The van der Waals surface area contributed by atoms with Gasteiger partial charge in [-0.3, -0.25) is 0 Å². The van der Waals surface area contributed by atoms with Crippen LogP contribution in [0.5, 0.6) is 0 Å². The van der Waals surface area contributed by atoms with Gasteiger partial charge in [-0.05, 0) is 43.4 Å². The van der Waals surface area contributed by atoms with E-state index in [0.29, 0.717) is 5.56 Å². The van der Waals surface area contributed by atoms with Gasteiger partial charge in [0.1, 0.15) is 0 Å². The van der Waals surface area contributed by atoms with Gasteiger partial charge in [0.05, 0.1) is 5.56 Å². The van der Waals surface area contributed by atoms with Crippen LogP contribution in [0.4, 0.5) is 0 Å². The molecule has 0 saturated carbocycles. The number of unbranched alkanes of at least 4 members (excludes halogenated alkanes) is 7. The fraction of sp³-hybridized carbons (Fsp3) is 0.579. The summed E-state index contributed by atoms with van der Waals surface area (Å²) in [6.07, 6.45) is 9.75.